The molecular weight excluding hydrogens is 304 g/mol. The molecule has 2 aromatic rings. The number of benzene rings is 1. The molecule has 1 heterocycles. The molecule has 2 N–H and O–H groups in total. The predicted molar refractivity (Wildman–Crippen MR) is 83.4 cm³/mol. The second-order valence-electron chi connectivity index (χ2n) is 4.57. The molecule has 0 aliphatic heterocycles. The topological polar surface area (TPSA) is 96.4 Å². The second kappa shape index (κ2) is 6.95. The molecule has 2 rings (SSSR count). The molecule has 1 aromatic heterocycles. The van der Waals surface area contributed by atoms with E-state index in [1.54, 1.807) is 30.5 Å². The van der Waals surface area contributed by atoms with Gasteiger partial charge in [-0.1, -0.05) is 18.2 Å². The minimum absolute atomic E-state index is 0.127. The van der Waals surface area contributed by atoms with Gasteiger partial charge in [-0.25, -0.2) is 9.78 Å². The average Bonchev–Trinajstić information content (AvgIpc) is 2.48. The summed E-state index contributed by atoms with van der Waals surface area (Å²) in [5.41, 5.74) is 1.47. The lowest BCUT2D eigenvalue weighted by Crippen LogP contribution is -2.14. The Morgan fingerprint density at radius 1 is 1.23 bits per heavy atom. The van der Waals surface area contributed by atoms with Crippen LogP contribution in [0.25, 0.3) is 0 Å². The Kier molecular flexibility index (Phi) is 5.00. The monoisotopic (exact) mass is 318 g/mol. The summed E-state index contributed by atoms with van der Waals surface area (Å²) < 4.78 is 11.4. The number of nitrogens with zero attached hydrogens (tertiary/aromatic N) is 1. The Bertz CT molecular complexity index is 729. The van der Waals surface area contributed by atoms with Gasteiger partial charge in [0.05, 0.1) is 11.3 Å². The highest BCUT2D eigenvalue weighted by Crippen LogP contribution is 2.17. The molecule has 0 aliphatic rings. The number of aromatic carboxylic acids is 1. The summed E-state index contributed by atoms with van der Waals surface area (Å²) in [4.78, 5) is 26.6. The standard InChI is InChI=1S/C15H14N2O4S/c1-22(21)9-11-4-2-3-5-12(11)17-14(18)10-6-7-13(15(19)20)16-8-10/h2-8H,9H2,1H3,(H,17,18)(H,19,20). The first-order valence-corrected chi connectivity index (χ1v) is 8.08. The number of aromatic nitrogens is 1. The lowest BCUT2D eigenvalue weighted by atomic mass is 10.2. The fourth-order valence-corrected chi connectivity index (χ4v) is 2.53. The van der Waals surface area contributed by atoms with E-state index in [1.807, 2.05) is 0 Å². The van der Waals surface area contributed by atoms with Crippen LogP contribution in [0.3, 0.4) is 0 Å². The SMILES string of the molecule is CS(=O)Cc1ccccc1NC(=O)c1ccc(C(=O)O)nc1. The summed E-state index contributed by atoms with van der Waals surface area (Å²) >= 11 is 0. The van der Waals surface area contributed by atoms with Gasteiger partial charge in [0.2, 0.25) is 0 Å². The molecule has 1 unspecified atom stereocenters. The lowest BCUT2D eigenvalue weighted by Gasteiger charge is -2.10. The van der Waals surface area contributed by atoms with Crippen molar-refractivity contribution in [2.45, 2.75) is 5.75 Å². The summed E-state index contributed by atoms with van der Waals surface area (Å²) in [6, 6.07) is 9.75. The molecule has 0 bridgehead atoms. The Balaban J connectivity index is 2.18. The van der Waals surface area contributed by atoms with Crippen LogP contribution in [-0.2, 0) is 16.6 Å². The molecule has 0 saturated heterocycles. The van der Waals surface area contributed by atoms with Gasteiger partial charge < -0.3 is 10.4 Å². The van der Waals surface area contributed by atoms with Crippen molar-refractivity contribution in [2.24, 2.45) is 0 Å². The number of para-hydroxylation sites is 1. The first kappa shape index (κ1) is 15.8. The van der Waals surface area contributed by atoms with Crippen LogP contribution in [0.2, 0.25) is 0 Å². The Morgan fingerprint density at radius 2 is 1.95 bits per heavy atom. The van der Waals surface area contributed by atoms with E-state index in [9.17, 15) is 13.8 Å². The number of carbonyl (C=O) groups excluding carboxylic acids is 1. The third kappa shape index (κ3) is 3.98. The number of amides is 1. The molecule has 0 saturated carbocycles. The van der Waals surface area contributed by atoms with Crippen molar-refractivity contribution in [1.82, 2.24) is 4.98 Å². The summed E-state index contributed by atoms with van der Waals surface area (Å²) in [5.74, 6) is -1.21. The van der Waals surface area contributed by atoms with Gasteiger partial charge in [-0.2, -0.15) is 0 Å². The van der Waals surface area contributed by atoms with Gasteiger partial charge in [0.1, 0.15) is 5.69 Å². The maximum absolute atomic E-state index is 12.2. The maximum atomic E-state index is 12.2. The number of nitrogens with one attached hydrogen (secondary N) is 1. The van der Waals surface area contributed by atoms with Crippen molar-refractivity contribution < 1.29 is 18.9 Å². The van der Waals surface area contributed by atoms with E-state index in [0.29, 0.717) is 11.4 Å². The third-order valence-corrected chi connectivity index (χ3v) is 3.59. The maximum Gasteiger partial charge on any atom is 0.354 e. The zero-order valence-corrected chi connectivity index (χ0v) is 12.6. The van der Waals surface area contributed by atoms with Crippen LogP contribution in [0.15, 0.2) is 42.6 Å². The van der Waals surface area contributed by atoms with E-state index in [-0.39, 0.29) is 11.3 Å². The van der Waals surface area contributed by atoms with Gasteiger partial charge in [0, 0.05) is 28.9 Å². The highest BCUT2D eigenvalue weighted by atomic mass is 32.2. The molecule has 1 amide bonds. The molecule has 0 radical (unpaired) electrons. The number of anilines is 1. The van der Waals surface area contributed by atoms with Crippen molar-refractivity contribution in [3.63, 3.8) is 0 Å². The minimum Gasteiger partial charge on any atom is -0.477 e. The smallest absolute Gasteiger partial charge is 0.354 e. The first-order chi connectivity index (χ1) is 10.5. The number of hydrogen-bond donors (Lipinski definition) is 2. The van der Waals surface area contributed by atoms with E-state index in [0.717, 1.165) is 5.56 Å². The van der Waals surface area contributed by atoms with Gasteiger partial charge in [-0.3, -0.25) is 9.00 Å². The number of pyridine rings is 1. The highest BCUT2D eigenvalue weighted by molar-refractivity contribution is 7.83. The number of hydrogen-bond acceptors (Lipinski definition) is 4. The molecule has 22 heavy (non-hydrogen) atoms. The van der Waals surface area contributed by atoms with Crippen LogP contribution in [0.5, 0.6) is 0 Å². The Morgan fingerprint density at radius 3 is 2.55 bits per heavy atom. The van der Waals surface area contributed by atoms with Crippen molar-refractivity contribution in [3.8, 4) is 0 Å². The molecule has 1 atom stereocenters. The van der Waals surface area contributed by atoms with Crippen molar-refractivity contribution in [2.75, 3.05) is 11.6 Å². The van der Waals surface area contributed by atoms with Crippen LogP contribution in [0, 0.1) is 0 Å². The van der Waals surface area contributed by atoms with Gasteiger partial charge in [0.15, 0.2) is 0 Å². The fraction of sp³-hybridized carbons (Fsp3) is 0.133. The third-order valence-electron chi connectivity index (χ3n) is 2.87. The Labute approximate surface area is 129 Å². The summed E-state index contributed by atoms with van der Waals surface area (Å²) in [5, 5.41) is 11.5. The quantitative estimate of drug-likeness (QED) is 0.878. The van der Waals surface area contributed by atoms with Crippen LogP contribution in [0.1, 0.15) is 26.4 Å². The van der Waals surface area contributed by atoms with Crippen LogP contribution < -0.4 is 5.32 Å². The van der Waals surface area contributed by atoms with Crippen molar-refractivity contribution >= 4 is 28.4 Å². The molecule has 1 aromatic carbocycles. The first-order valence-electron chi connectivity index (χ1n) is 6.36. The summed E-state index contributed by atoms with van der Waals surface area (Å²) in [6.45, 7) is 0. The highest BCUT2D eigenvalue weighted by Gasteiger charge is 2.11. The number of carboxylic acid groups (broad SMARTS) is 1. The minimum atomic E-state index is -1.15. The summed E-state index contributed by atoms with van der Waals surface area (Å²) in [6.07, 6.45) is 2.80. The molecule has 7 heteroatoms. The summed E-state index contributed by atoms with van der Waals surface area (Å²) in [7, 11) is -1.02. The van der Waals surface area contributed by atoms with E-state index < -0.39 is 22.7 Å². The number of carboxylic acids is 1. The molecule has 0 aliphatic carbocycles. The van der Waals surface area contributed by atoms with Crippen LogP contribution in [0.4, 0.5) is 5.69 Å². The van der Waals surface area contributed by atoms with E-state index >= 15 is 0 Å². The normalized spacial score (nSPS) is 11.7. The molecule has 0 fully saturated rings. The Hall–Kier alpha value is -2.54. The van der Waals surface area contributed by atoms with Crippen LogP contribution >= 0.6 is 0 Å². The van der Waals surface area contributed by atoms with Gasteiger partial charge >= 0.3 is 5.97 Å². The van der Waals surface area contributed by atoms with Gasteiger partial charge in [-0.05, 0) is 23.8 Å². The number of carbonyl (C=O) groups is 2. The van der Waals surface area contributed by atoms with Crippen molar-refractivity contribution in [3.05, 3.63) is 59.4 Å². The zero-order chi connectivity index (χ0) is 16.1. The van der Waals surface area contributed by atoms with Gasteiger partial charge in [-0.15, -0.1) is 0 Å². The molecule has 114 valence electrons. The van der Waals surface area contributed by atoms with E-state index in [4.69, 9.17) is 5.11 Å². The van der Waals surface area contributed by atoms with E-state index in [1.165, 1.54) is 18.3 Å². The van der Waals surface area contributed by atoms with Gasteiger partial charge in [0.25, 0.3) is 5.91 Å². The molecule has 0 spiro atoms. The number of rotatable bonds is 5. The molecular formula is C15H14N2O4S. The largest absolute Gasteiger partial charge is 0.477 e. The van der Waals surface area contributed by atoms with Crippen LogP contribution in [-0.4, -0.2) is 32.4 Å². The second-order valence-corrected chi connectivity index (χ2v) is 6.00. The van der Waals surface area contributed by atoms with Crippen molar-refractivity contribution in [1.29, 1.82) is 0 Å². The fourth-order valence-electron chi connectivity index (χ4n) is 1.84. The van der Waals surface area contributed by atoms with E-state index in [2.05, 4.69) is 10.3 Å². The average molecular weight is 318 g/mol. The molecule has 6 nitrogen and oxygen atoms in total. The predicted octanol–water partition coefficient (Wildman–Crippen LogP) is 1.91. The zero-order valence-electron chi connectivity index (χ0n) is 11.8. The lowest BCUT2D eigenvalue weighted by molar-refractivity contribution is 0.0690.